The first kappa shape index (κ1) is 17.6. The van der Waals surface area contributed by atoms with Crippen LogP contribution in [0, 0.1) is 11.3 Å². The predicted molar refractivity (Wildman–Crippen MR) is 105 cm³/mol. The Morgan fingerprint density at radius 3 is 3.15 bits per heavy atom. The number of fused-ring (bicyclic) bond motifs is 3. The van der Waals surface area contributed by atoms with E-state index in [1.54, 1.807) is 11.2 Å². The van der Waals surface area contributed by atoms with Crippen LogP contribution in [0.4, 0.5) is 5.82 Å². The van der Waals surface area contributed by atoms with Crippen LogP contribution in [0.5, 0.6) is 0 Å². The fourth-order valence-electron chi connectivity index (χ4n) is 3.80. The summed E-state index contributed by atoms with van der Waals surface area (Å²) in [6.07, 6.45) is 3.35. The van der Waals surface area contributed by atoms with Gasteiger partial charge in [0.1, 0.15) is 24.2 Å². The van der Waals surface area contributed by atoms with Crippen molar-refractivity contribution in [2.24, 2.45) is 0 Å². The summed E-state index contributed by atoms with van der Waals surface area (Å²) in [5.41, 5.74) is 1.68. The number of piperidine rings is 1. The molecule has 2 aromatic heterocycles. The molecule has 8 heteroatoms. The van der Waals surface area contributed by atoms with Crippen molar-refractivity contribution in [1.82, 2.24) is 19.9 Å². The summed E-state index contributed by atoms with van der Waals surface area (Å²) >= 11 is 6.11. The van der Waals surface area contributed by atoms with Crippen molar-refractivity contribution < 1.29 is 4.79 Å². The Morgan fingerprint density at radius 2 is 2.33 bits per heavy atom. The van der Waals surface area contributed by atoms with E-state index in [4.69, 9.17) is 16.9 Å². The Labute approximate surface area is 161 Å². The van der Waals surface area contributed by atoms with Crippen molar-refractivity contribution in [2.75, 3.05) is 25.0 Å². The fraction of sp³-hybridized carbons (Fsp3) is 0.368. The molecule has 0 spiro atoms. The third-order valence-corrected chi connectivity index (χ3v) is 5.43. The number of carbonyl (C=O) groups is 1. The molecule has 1 unspecified atom stereocenters. The zero-order chi connectivity index (χ0) is 19.0. The summed E-state index contributed by atoms with van der Waals surface area (Å²) in [4.78, 5) is 28.2. The molecule has 1 N–H and O–H groups in total. The zero-order valence-electron chi connectivity index (χ0n) is 14.9. The van der Waals surface area contributed by atoms with E-state index in [1.165, 1.54) is 0 Å². The van der Waals surface area contributed by atoms with Gasteiger partial charge < -0.3 is 14.8 Å². The second kappa shape index (κ2) is 7.05. The zero-order valence-corrected chi connectivity index (χ0v) is 15.7. The first-order valence-electron chi connectivity index (χ1n) is 8.88. The SMILES string of the molecule is CN(c1ncnc2[nH]c3cc(Cl)ccc3c12)C1CCCN(C(=O)CC#N)C1. The molecule has 0 radical (unpaired) electrons. The van der Waals surface area contributed by atoms with Crippen molar-refractivity contribution in [3.8, 4) is 6.07 Å². The van der Waals surface area contributed by atoms with Gasteiger partial charge in [0, 0.05) is 42.1 Å². The Bertz CT molecular complexity index is 1060. The minimum absolute atomic E-state index is 0.0720. The molecule has 1 atom stereocenters. The monoisotopic (exact) mass is 382 g/mol. The number of hydrogen-bond donors (Lipinski definition) is 1. The van der Waals surface area contributed by atoms with Gasteiger partial charge in [-0.1, -0.05) is 17.7 Å². The van der Waals surface area contributed by atoms with E-state index in [-0.39, 0.29) is 18.4 Å². The standard InChI is InChI=1S/C19H19ClN6O/c1-25(13-3-2-8-26(10-13)16(27)6-7-21)19-17-14-5-4-12(20)9-15(14)24-18(17)22-11-23-19/h4-5,9,11,13H,2-3,6,8,10H2,1H3,(H,22,23,24). The molecule has 0 bridgehead atoms. The molecular weight excluding hydrogens is 364 g/mol. The number of nitrogens with zero attached hydrogens (tertiary/aromatic N) is 5. The number of halogens is 1. The highest BCUT2D eigenvalue weighted by molar-refractivity contribution is 6.31. The average Bonchev–Trinajstić information content (AvgIpc) is 3.05. The number of H-pyrrole nitrogens is 1. The van der Waals surface area contributed by atoms with Gasteiger partial charge in [-0.2, -0.15) is 5.26 Å². The number of aromatic amines is 1. The second-order valence-electron chi connectivity index (χ2n) is 6.82. The number of likely N-dealkylation sites (tertiary alicyclic amines) is 1. The Morgan fingerprint density at radius 1 is 1.48 bits per heavy atom. The molecule has 4 rings (SSSR count). The number of carbonyl (C=O) groups excluding carboxylic acids is 1. The maximum atomic E-state index is 12.1. The average molecular weight is 383 g/mol. The van der Waals surface area contributed by atoms with Crippen LogP contribution in [-0.2, 0) is 4.79 Å². The van der Waals surface area contributed by atoms with Crippen LogP contribution in [-0.4, -0.2) is 51.9 Å². The molecule has 0 saturated carbocycles. The summed E-state index contributed by atoms with van der Waals surface area (Å²) in [6.45, 7) is 1.30. The number of aromatic nitrogens is 3. The second-order valence-corrected chi connectivity index (χ2v) is 7.25. The van der Waals surface area contributed by atoms with Crippen molar-refractivity contribution >= 4 is 45.3 Å². The Balaban J connectivity index is 1.70. The molecule has 3 aromatic rings. The Hall–Kier alpha value is -2.85. The molecule has 3 heterocycles. The smallest absolute Gasteiger partial charge is 0.236 e. The molecule has 1 amide bonds. The lowest BCUT2D eigenvalue weighted by Crippen LogP contribution is -2.49. The highest BCUT2D eigenvalue weighted by Crippen LogP contribution is 2.33. The largest absolute Gasteiger partial charge is 0.354 e. The molecule has 1 aliphatic heterocycles. The first-order chi connectivity index (χ1) is 13.1. The van der Waals surface area contributed by atoms with Gasteiger partial charge >= 0.3 is 0 Å². The highest BCUT2D eigenvalue weighted by atomic mass is 35.5. The maximum Gasteiger partial charge on any atom is 0.236 e. The van der Waals surface area contributed by atoms with Crippen LogP contribution in [0.1, 0.15) is 19.3 Å². The molecule has 1 aromatic carbocycles. The number of anilines is 1. The van der Waals surface area contributed by atoms with Crippen LogP contribution in [0.2, 0.25) is 5.02 Å². The number of nitriles is 1. The number of benzene rings is 1. The van der Waals surface area contributed by atoms with Crippen LogP contribution >= 0.6 is 11.6 Å². The number of nitrogens with one attached hydrogen (secondary N) is 1. The Kier molecular flexibility index (Phi) is 4.58. The topological polar surface area (TPSA) is 88.9 Å². The lowest BCUT2D eigenvalue weighted by molar-refractivity contribution is -0.131. The van der Waals surface area contributed by atoms with Gasteiger partial charge in [0.25, 0.3) is 0 Å². The van der Waals surface area contributed by atoms with Gasteiger partial charge in [-0.15, -0.1) is 0 Å². The summed E-state index contributed by atoms with van der Waals surface area (Å²) in [5, 5.41) is 11.4. The van der Waals surface area contributed by atoms with Gasteiger partial charge in [-0.3, -0.25) is 4.79 Å². The number of rotatable bonds is 3. The quantitative estimate of drug-likeness (QED) is 0.751. The lowest BCUT2D eigenvalue weighted by atomic mass is 10.0. The molecule has 1 fully saturated rings. The van der Waals surface area contributed by atoms with Crippen molar-refractivity contribution in [1.29, 1.82) is 5.26 Å². The van der Waals surface area contributed by atoms with Gasteiger partial charge in [-0.25, -0.2) is 9.97 Å². The van der Waals surface area contributed by atoms with Crippen molar-refractivity contribution in [3.63, 3.8) is 0 Å². The molecule has 27 heavy (non-hydrogen) atoms. The van der Waals surface area contributed by atoms with E-state index in [0.29, 0.717) is 18.1 Å². The third kappa shape index (κ3) is 3.17. The molecule has 1 saturated heterocycles. The van der Waals surface area contributed by atoms with E-state index >= 15 is 0 Å². The van der Waals surface area contributed by atoms with Crippen LogP contribution < -0.4 is 4.90 Å². The van der Waals surface area contributed by atoms with E-state index in [1.807, 2.05) is 31.3 Å². The predicted octanol–water partition coefficient (Wildman–Crippen LogP) is 3.11. The van der Waals surface area contributed by atoms with Crippen LogP contribution in [0.15, 0.2) is 24.5 Å². The normalized spacial score (nSPS) is 17.2. The third-order valence-electron chi connectivity index (χ3n) is 5.19. The molecule has 7 nitrogen and oxygen atoms in total. The number of hydrogen-bond acceptors (Lipinski definition) is 5. The van der Waals surface area contributed by atoms with Gasteiger partial charge in [-0.05, 0) is 25.0 Å². The van der Waals surface area contributed by atoms with Crippen LogP contribution in [0.3, 0.4) is 0 Å². The maximum absolute atomic E-state index is 12.1. The van der Waals surface area contributed by atoms with E-state index in [9.17, 15) is 4.79 Å². The molecular formula is C19H19ClN6O. The van der Waals surface area contributed by atoms with E-state index in [0.717, 1.165) is 40.6 Å². The summed E-state index contributed by atoms with van der Waals surface area (Å²) in [6, 6.07) is 7.79. The minimum atomic E-state index is -0.106. The van der Waals surface area contributed by atoms with Gasteiger partial charge in [0.05, 0.1) is 11.5 Å². The van der Waals surface area contributed by atoms with Crippen LogP contribution in [0.25, 0.3) is 21.9 Å². The van der Waals surface area contributed by atoms with E-state index < -0.39 is 0 Å². The highest BCUT2D eigenvalue weighted by Gasteiger charge is 2.28. The van der Waals surface area contributed by atoms with E-state index in [2.05, 4.69) is 19.9 Å². The number of amides is 1. The molecule has 1 aliphatic rings. The lowest BCUT2D eigenvalue weighted by Gasteiger charge is -2.38. The number of likely N-dealkylation sites (N-methyl/N-ethyl adjacent to an activating group) is 1. The van der Waals surface area contributed by atoms with Crippen molar-refractivity contribution in [2.45, 2.75) is 25.3 Å². The first-order valence-corrected chi connectivity index (χ1v) is 9.26. The molecule has 138 valence electrons. The summed E-state index contributed by atoms with van der Waals surface area (Å²) in [7, 11) is 2.00. The minimum Gasteiger partial charge on any atom is -0.354 e. The van der Waals surface area contributed by atoms with Crippen molar-refractivity contribution in [3.05, 3.63) is 29.5 Å². The van der Waals surface area contributed by atoms with Gasteiger partial charge in [0.15, 0.2) is 0 Å². The summed E-state index contributed by atoms with van der Waals surface area (Å²) < 4.78 is 0. The van der Waals surface area contributed by atoms with Gasteiger partial charge in [0.2, 0.25) is 5.91 Å². The summed E-state index contributed by atoms with van der Waals surface area (Å²) in [5.74, 6) is 0.721. The fourth-order valence-corrected chi connectivity index (χ4v) is 3.97. The molecule has 0 aliphatic carbocycles.